The lowest BCUT2D eigenvalue weighted by Gasteiger charge is -1.89. The van der Waals surface area contributed by atoms with E-state index in [0.717, 1.165) is 0 Å². The van der Waals surface area contributed by atoms with Crippen LogP contribution in [-0.4, -0.2) is 13.0 Å². The smallest absolute Gasteiger partial charge is 0.312 e. The van der Waals surface area contributed by atoms with Crippen LogP contribution in [0.1, 0.15) is 0 Å². The topological polar surface area (TPSA) is 38.3 Å². The molecule has 0 aliphatic carbocycles. The molecule has 0 heterocycles. The summed E-state index contributed by atoms with van der Waals surface area (Å²) < 4.78 is 0. The van der Waals surface area contributed by atoms with Gasteiger partial charge in [-0.05, 0) is 0 Å². The molecule has 0 spiro atoms. The first-order valence-corrected chi connectivity index (χ1v) is 1.67. The minimum absolute atomic E-state index is 0.249. The Balaban J connectivity index is 2.72. The summed E-state index contributed by atoms with van der Waals surface area (Å²) in [6.45, 7) is 0.524. The van der Waals surface area contributed by atoms with Crippen LogP contribution in [0.2, 0.25) is 0 Å². The van der Waals surface area contributed by atoms with Crippen molar-refractivity contribution in [2.75, 3.05) is 6.54 Å². The van der Waals surface area contributed by atoms with Gasteiger partial charge < -0.3 is 4.84 Å². The lowest BCUT2D eigenvalue weighted by Crippen LogP contribution is -2.12. The summed E-state index contributed by atoms with van der Waals surface area (Å²) in [5, 5.41) is 0. The molecule has 0 saturated heterocycles. The molecule has 7 heavy (non-hydrogen) atoms. The third-order valence-corrected chi connectivity index (χ3v) is 0.306. The van der Waals surface area contributed by atoms with E-state index in [9.17, 15) is 4.79 Å². The van der Waals surface area contributed by atoms with Gasteiger partial charge >= 0.3 is 6.47 Å². The van der Waals surface area contributed by atoms with Crippen molar-refractivity contribution < 1.29 is 9.63 Å². The van der Waals surface area contributed by atoms with Crippen molar-refractivity contribution in [3.8, 4) is 12.3 Å². The van der Waals surface area contributed by atoms with Crippen molar-refractivity contribution in [2.24, 2.45) is 0 Å². The minimum Gasteiger partial charge on any atom is -0.373 e. The van der Waals surface area contributed by atoms with E-state index < -0.39 is 0 Å². The monoisotopic (exact) mass is 99.0 g/mol. The Morgan fingerprint density at radius 1 is 2.00 bits per heavy atom. The first-order chi connectivity index (χ1) is 3.41. The molecule has 0 saturated carbocycles. The number of rotatable bonds is 3. The van der Waals surface area contributed by atoms with Gasteiger partial charge in [-0.3, -0.25) is 4.79 Å². The van der Waals surface area contributed by atoms with Crippen molar-refractivity contribution in [1.82, 2.24) is 5.48 Å². The number of terminal acetylenes is 1. The van der Waals surface area contributed by atoms with E-state index in [2.05, 4.69) is 16.2 Å². The molecule has 38 valence electrons. The van der Waals surface area contributed by atoms with Crippen LogP contribution in [0.3, 0.4) is 0 Å². The van der Waals surface area contributed by atoms with Gasteiger partial charge in [-0.2, -0.15) is 0 Å². The van der Waals surface area contributed by atoms with Gasteiger partial charge in [-0.25, -0.2) is 0 Å². The summed E-state index contributed by atoms with van der Waals surface area (Å²) >= 11 is 0. The average molecular weight is 99.1 g/mol. The van der Waals surface area contributed by atoms with Crippen molar-refractivity contribution in [2.45, 2.75) is 0 Å². The van der Waals surface area contributed by atoms with Crippen LogP contribution in [0.5, 0.6) is 0 Å². The van der Waals surface area contributed by atoms with Crippen LogP contribution in [0.25, 0.3) is 0 Å². The fraction of sp³-hybridized carbons (Fsp3) is 0.250. The van der Waals surface area contributed by atoms with Crippen LogP contribution in [0.4, 0.5) is 0 Å². The molecule has 3 heteroatoms. The number of hydrogen-bond acceptors (Lipinski definition) is 3. The highest BCUT2D eigenvalue weighted by Crippen LogP contribution is 1.50. The SMILES string of the molecule is C#CCNOC=O. The molecule has 3 nitrogen and oxygen atoms in total. The molecule has 0 unspecified atom stereocenters. The number of hydroxylamine groups is 1. The summed E-state index contributed by atoms with van der Waals surface area (Å²) in [5.74, 6) is 2.21. The standard InChI is InChI=1S/C4H5NO2/c1-2-3-5-7-4-6/h1,4-5H,3H2. The average Bonchev–Trinajstić information content (AvgIpc) is 1.69. The molecule has 0 rings (SSSR count). The van der Waals surface area contributed by atoms with Gasteiger partial charge in [0.15, 0.2) is 0 Å². The molecule has 0 aromatic rings. The van der Waals surface area contributed by atoms with Crippen LogP contribution >= 0.6 is 0 Å². The number of carbonyl (C=O) groups excluding carboxylic acids is 1. The van der Waals surface area contributed by atoms with E-state index in [1.165, 1.54) is 0 Å². The molecule has 0 radical (unpaired) electrons. The zero-order valence-electron chi connectivity index (χ0n) is 3.68. The van der Waals surface area contributed by atoms with E-state index >= 15 is 0 Å². The summed E-state index contributed by atoms with van der Waals surface area (Å²) in [4.78, 5) is 13.3. The Hall–Kier alpha value is -1.01. The van der Waals surface area contributed by atoms with E-state index in [4.69, 9.17) is 6.42 Å². The zero-order valence-corrected chi connectivity index (χ0v) is 3.68. The first-order valence-electron chi connectivity index (χ1n) is 1.67. The molecular formula is C4H5NO2. The normalized spacial score (nSPS) is 6.71. The van der Waals surface area contributed by atoms with Gasteiger partial charge in [0.25, 0.3) is 0 Å². The second kappa shape index (κ2) is 4.99. The maximum absolute atomic E-state index is 9.33. The van der Waals surface area contributed by atoms with Crippen LogP contribution < -0.4 is 5.48 Å². The predicted molar refractivity (Wildman–Crippen MR) is 24.0 cm³/mol. The highest BCUT2D eigenvalue weighted by molar-refractivity contribution is 5.36. The fourth-order valence-electron chi connectivity index (χ4n) is 0.117. The predicted octanol–water partition coefficient (Wildman–Crippen LogP) is -0.703. The second-order valence-corrected chi connectivity index (χ2v) is 0.739. The summed E-state index contributed by atoms with van der Waals surface area (Å²) in [6.07, 6.45) is 4.76. The molecule has 0 amide bonds. The molecule has 0 aromatic carbocycles. The number of hydrogen-bond donors (Lipinski definition) is 1. The molecule has 0 aromatic heterocycles. The Bertz CT molecular complexity index is 84.2. The summed E-state index contributed by atoms with van der Waals surface area (Å²) in [5.41, 5.74) is 2.18. The van der Waals surface area contributed by atoms with Crippen molar-refractivity contribution in [3.05, 3.63) is 0 Å². The molecular weight excluding hydrogens is 94.0 g/mol. The fourth-order valence-corrected chi connectivity index (χ4v) is 0.117. The van der Waals surface area contributed by atoms with Gasteiger partial charge in [-0.15, -0.1) is 11.9 Å². The van der Waals surface area contributed by atoms with Gasteiger partial charge in [0.05, 0.1) is 6.54 Å². The van der Waals surface area contributed by atoms with Gasteiger partial charge in [0, 0.05) is 0 Å². The number of nitrogens with one attached hydrogen (secondary N) is 1. The lowest BCUT2D eigenvalue weighted by molar-refractivity contribution is -0.134. The van der Waals surface area contributed by atoms with E-state index in [0.29, 0.717) is 0 Å². The summed E-state index contributed by atoms with van der Waals surface area (Å²) in [7, 11) is 0. The Kier molecular flexibility index (Phi) is 4.27. The molecule has 0 atom stereocenters. The number of carbonyl (C=O) groups is 1. The third kappa shape index (κ3) is 4.99. The zero-order chi connectivity index (χ0) is 5.54. The maximum atomic E-state index is 9.33. The quantitative estimate of drug-likeness (QED) is 0.220. The Morgan fingerprint density at radius 2 is 2.71 bits per heavy atom. The first kappa shape index (κ1) is 5.99. The minimum atomic E-state index is 0.249. The molecule has 0 aliphatic heterocycles. The Morgan fingerprint density at radius 3 is 3.14 bits per heavy atom. The van der Waals surface area contributed by atoms with Crippen molar-refractivity contribution >= 4 is 6.47 Å². The highest BCUT2D eigenvalue weighted by Gasteiger charge is 1.71. The third-order valence-electron chi connectivity index (χ3n) is 0.306. The largest absolute Gasteiger partial charge is 0.373 e. The molecule has 0 fully saturated rings. The van der Waals surface area contributed by atoms with Crippen LogP contribution in [0, 0.1) is 12.3 Å². The highest BCUT2D eigenvalue weighted by atomic mass is 16.7. The van der Waals surface area contributed by atoms with Crippen molar-refractivity contribution in [1.29, 1.82) is 0 Å². The molecule has 0 bridgehead atoms. The Labute approximate surface area is 41.6 Å². The van der Waals surface area contributed by atoms with Gasteiger partial charge in [0.1, 0.15) is 0 Å². The van der Waals surface area contributed by atoms with Gasteiger partial charge in [0.2, 0.25) is 0 Å². The lowest BCUT2D eigenvalue weighted by atomic mass is 10.7. The van der Waals surface area contributed by atoms with E-state index in [1.807, 2.05) is 0 Å². The molecule has 1 N–H and O–H groups in total. The molecule has 0 aliphatic rings. The van der Waals surface area contributed by atoms with Crippen molar-refractivity contribution in [3.63, 3.8) is 0 Å². The van der Waals surface area contributed by atoms with Crippen LogP contribution in [-0.2, 0) is 9.63 Å². The van der Waals surface area contributed by atoms with E-state index in [-0.39, 0.29) is 13.0 Å². The van der Waals surface area contributed by atoms with Crippen LogP contribution in [0.15, 0.2) is 0 Å². The summed E-state index contributed by atoms with van der Waals surface area (Å²) in [6, 6.07) is 0. The maximum Gasteiger partial charge on any atom is 0.312 e. The van der Waals surface area contributed by atoms with Gasteiger partial charge in [-0.1, -0.05) is 5.92 Å². The second-order valence-electron chi connectivity index (χ2n) is 0.739. The van der Waals surface area contributed by atoms with E-state index in [1.54, 1.807) is 0 Å².